The molecule has 0 aliphatic rings. The Labute approximate surface area is 132 Å². The molecule has 5 heteroatoms. The van der Waals surface area contributed by atoms with Crippen molar-refractivity contribution >= 4 is 28.2 Å². The molecule has 112 valence electrons. The molecule has 1 heterocycles. The largest absolute Gasteiger partial charge is 0.387 e. The van der Waals surface area contributed by atoms with E-state index in [0.29, 0.717) is 17.1 Å². The second kappa shape index (κ2) is 6.30. The zero-order valence-corrected chi connectivity index (χ0v) is 12.4. The molecule has 0 aliphatic heterocycles. The monoisotopic (exact) mass is 316 g/mol. The van der Waals surface area contributed by atoms with E-state index in [4.69, 9.17) is 11.6 Å². The maximum atomic E-state index is 13.2. The Balaban J connectivity index is 1.77. The van der Waals surface area contributed by atoms with Gasteiger partial charge in [-0.2, -0.15) is 0 Å². The van der Waals surface area contributed by atoms with Gasteiger partial charge in [0.15, 0.2) is 0 Å². The summed E-state index contributed by atoms with van der Waals surface area (Å²) in [6.45, 7) is 0.331. The van der Waals surface area contributed by atoms with Crippen LogP contribution in [0.5, 0.6) is 0 Å². The third kappa shape index (κ3) is 3.18. The van der Waals surface area contributed by atoms with Crippen LogP contribution in [0.4, 0.5) is 10.1 Å². The number of anilines is 1. The highest BCUT2D eigenvalue weighted by molar-refractivity contribution is 6.30. The first kappa shape index (κ1) is 14.8. The van der Waals surface area contributed by atoms with Gasteiger partial charge in [0.25, 0.3) is 0 Å². The van der Waals surface area contributed by atoms with E-state index in [-0.39, 0.29) is 5.82 Å². The van der Waals surface area contributed by atoms with Crippen molar-refractivity contribution in [3.63, 3.8) is 0 Å². The Kier molecular flexibility index (Phi) is 4.22. The molecule has 3 aromatic rings. The van der Waals surface area contributed by atoms with Crippen LogP contribution in [0.15, 0.2) is 54.7 Å². The van der Waals surface area contributed by atoms with Gasteiger partial charge in [0.1, 0.15) is 5.82 Å². The number of hydrogen-bond acceptors (Lipinski definition) is 3. The highest BCUT2D eigenvalue weighted by atomic mass is 35.5. The van der Waals surface area contributed by atoms with E-state index >= 15 is 0 Å². The van der Waals surface area contributed by atoms with E-state index in [0.717, 1.165) is 16.6 Å². The molecule has 0 saturated carbocycles. The normalized spacial score (nSPS) is 12.3. The second-order valence-corrected chi connectivity index (χ2v) is 5.40. The van der Waals surface area contributed by atoms with Gasteiger partial charge in [-0.25, -0.2) is 4.39 Å². The van der Waals surface area contributed by atoms with Crippen LogP contribution in [-0.4, -0.2) is 16.6 Å². The molecule has 0 amide bonds. The van der Waals surface area contributed by atoms with E-state index in [1.165, 1.54) is 12.1 Å². The summed E-state index contributed by atoms with van der Waals surface area (Å²) >= 11 is 5.83. The van der Waals surface area contributed by atoms with E-state index in [1.54, 1.807) is 42.6 Å². The standard InChI is InChI=1S/C17H14ClFN2O/c18-12-3-1-11(2-4-12)17(22)10-21-15-7-8-20-16-9-13(19)5-6-14(15)16/h1-9,17,22H,10H2,(H,20,21). The van der Waals surface area contributed by atoms with E-state index in [1.807, 2.05) is 0 Å². The van der Waals surface area contributed by atoms with Crippen molar-refractivity contribution < 1.29 is 9.50 Å². The number of hydrogen-bond donors (Lipinski definition) is 2. The zero-order valence-electron chi connectivity index (χ0n) is 11.6. The summed E-state index contributed by atoms with van der Waals surface area (Å²) in [4.78, 5) is 4.14. The number of benzene rings is 2. The molecule has 1 atom stereocenters. The minimum atomic E-state index is -0.666. The number of rotatable bonds is 4. The van der Waals surface area contributed by atoms with Crippen LogP contribution in [0.25, 0.3) is 10.9 Å². The fourth-order valence-corrected chi connectivity index (χ4v) is 2.41. The molecule has 1 unspecified atom stereocenters. The topological polar surface area (TPSA) is 45.1 Å². The van der Waals surface area contributed by atoms with Crippen molar-refractivity contribution in [1.82, 2.24) is 4.98 Å². The van der Waals surface area contributed by atoms with Crippen molar-refractivity contribution in [2.24, 2.45) is 0 Å². The lowest BCUT2D eigenvalue weighted by Gasteiger charge is -2.14. The minimum absolute atomic E-state index is 0.321. The SMILES string of the molecule is OC(CNc1ccnc2cc(F)ccc12)c1ccc(Cl)cc1. The molecule has 2 N–H and O–H groups in total. The molecule has 2 aromatic carbocycles. The highest BCUT2D eigenvalue weighted by Crippen LogP contribution is 2.23. The maximum Gasteiger partial charge on any atom is 0.125 e. The first-order chi connectivity index (χ1) is 10.6. The van der Waals surface area contributed by atoms with Gasteiger partial charge < -0.3 is 10.4 Å². The molecule has 0 saturated heterocycles. The smallest absolute Gasteiger partial charge is 0.125 e. The highest BCUT2D eigenvalue weighted by Gasteiger charge is 2.09. The first-order valence-corrected chi connectivity index (χ1v) is 7.23. The number of aromatic nitrogens is 1. The van der Waals surface area contributed by atoms with Crippen LogP contribution in [0.2, 0.25) is 5.02 Å². The molecule has 22 heavy (non-hydrogen) atoms. The summed E-state index contributed by atoms with van der Waals surface area (Å²) < 4.78 is 13.2. The van der Waals surface area contributed by atoms with E-state index in [9.17, 15) is 9.50 Å². The van der Waals surface area contributed by atoms with Crippen LogP contribution in [0.3, 0.4) is 0 Å². The summed E-state index contributed by atoms with van der Waals surface area (Å²) in [5, 5.41) is 14.8. The van der Waals surface area contributed by atoms with Gasteiger partial charge in [0.05, 0.1) is 11.6 Å². The molecule has 3 nitrogen and oxygen atoms in total. The Morgan fingerprint density at radius 3 is 2.68 bits per heavy atom. The van der Waals surface area contributed by atoms with Crippen molar-refractivity contribution in [2.75, 3.05) is 11.9 Å². The fraction of sp³-hybridized carbons (Fsp3) is 0.118. The Hall–Kier alpha value is -2.17. The second-order valence-electron chi connectivity index (χ2n) is 4.97. The summed E-state index contributed by atoms with van der Waals surface area (Å²) in [7, 11) is 0. The zero-order chi connectivity index (χ0) is 15.5. The summed E-state index contributed by atoms with van der Waals surface area (Å²) in [5.41, 5.74) is 2.16. The van der Waals surface area contributed by atoms with Gasteiger partial charge in [0, 0.05) is 34.9 Å². The summed E-state index contributed by atoms with van der Waals surface area (Å²) in [6.07, 6.45) is 0.944. The maximum absolute atomic E-state index is 13.2. The molecule has 0 spiro atoms. The summed E-state index contributed by atoms with van der Waals surface area (Å²) in [6, 6.07) is 13.3. The van der Waals surface area contributed by atoms with Gasteiger partial charge in [-0.15, -0.1) is 0 Å². The van der Waals surface area contributed by atoms with Crippen molar-refractivity contribution in [3.05, 3.63) is 71.1 Å². The molecule has 0 bridgehead atoms. The Morgan fingerprint density at radius 1 is 1.14 bits per heavy atom. The lowest BCUT2D eigenvalue weighted by molar-refractivity contribution is 0.191. The van der Waals surface area contributed by atoms with Gasteiger partial charge in [0.2, 0.25) is 0 Å². The Bertz CT molecular complexity index is 792. The first-order valence-electron chi connectivity index (χ1n) is 6.85. The van der Waals surface area contributed by atoms with Crippen LogP contribution in [0, 0.1) is 5.82 Å². The van der Waals surface area contributed by atoms with Crippen LogP contribution >= 0.6 is 11.6 Å². The van der Waals surface area contributed by atoms with Crippen molar-refractivity contribution in [3.8, 4) is 0 Å². The van der Waals surface area contributed by atoms with Gasteiger partial charge in [-0.3, -0.25) is 4.98 Å². The number of nitrogens with one attached hydrogen (secondary N) is 1. The van der Waals surface area contributed by atoms with E-state index in [2.05, 4.69) is 10.3 Å². The molecule has 0 fully saturated rings. The van der Waals surface area contributed by atoms with Gasteiger partial charge >= 0.3 is 0 Å². The number of nitrogens with zero attached hydrogens (tertiary/aromatic N) is 1. The number of aliphatic hydroxyl groups excluding tert-OH is 1. The van der Waals surface area contributed by atoms with Crippen molar-refractivity contribution in [2.45, 2.75) is 6.10 Å². The number of halogens is 2. The fourth-order valence-electron chi connectivity index (χ4n) is 2.28. The average Bonchev–Trinajstić information content (AvgIpc) is 2.52. The molecular formula is C17H14ClFN2O. The molecule has 0 aliphatic carbocycles. The Morgan fingerprint density at radius 2 is 1.91 bits per heavy atom. The van der Waals surface area contributed by atoms with Crippen LogP contribution in [-0.2, 0) is 0 Å². The quantitative estimate of drug-likeness (QED) is 0.759. The predicted octanol–water partition coefficient (Wildman–Crippen LogP) is 4.17. The van der Waals surface area contributed by atoms with Crippen molar-refractivity contribution in [1.29, 1.82) is 0 Å². The van der Waals surface area contributed by atoms with Gasteiger partial charge in [-0.1, -0.05) is 23.7 Å². The van der Waals surface area contributed by atoms with Crippen LogP contribution in [0.1, 0.15) is 11.7 Å². The number of fused-ring (bicyclic) bond motifs is 1. The average molecular weight is 317 g/mol. The predicted molar refractivity (Wildman–Crippen MR) is 86.6 cm³/mol. The number of pyridine rings is 1. The third-order valence-electron chi connectivity index (χ3n) is 3.45. The lowest BCUT2D eigenvalue weighted by atomic mass is 10.1. The molecule has 1 aromatic heterocycles. The number of aliphatic hydroxyl groups is 1. The molecular weight excluding hydrogens is 303 g/mol. The van der Waals surface area contributed by atoms with Crippen LogP contribution < -0.4 is 5.32 Å². The van der Waals surface area contributed by atoms with E-state index < -0.39 is 6.10 Å². The minimum Gasteiger partial charge on any atom is -0.387 e. The molecule has 0 radical (unpaired) electrons. The summed E-state index contributed by atoms with van der Waals surface area (Å²) in [5.74, 6) is -0.321. The lowest BCUT2D eigenvalue weighted by Crippen LogP contribution is -2.12. The van der Waals surface area contributed by atoms with Gasteiger partial charge in [-0.05, 0) is 35.9 Å². The molecule has 3 rings (SSSR count). The third-order valence-corrected chi connectivity index (χ3v) is 3.70.